The van der Waals surface area contributed by atoms with E-state index in [4.69, 9.17) is 19.3 Å². The van der Waals surface area contributed by atoms with Gasteiger partial charge in [-0.2, -0.15) is 13.2 Å². The first kappa shape index (κ1) is 29.5. The molecule has 1 heterocycles. The maximum Gasteiger partial charge on any atom is 0.419 e. The number of pyridine rings is 1. The second-order valence-electron chi connectivity index (χ2n) is 8.25. The summed E-state index contributed by atoms with van der Waals surface area (Å²) in [6.07, 6.45) is -5.37. The molecule has 0 spiro atoms. The fourth-order valence-corrected chi connectivity index (χ4v) is 3.75. The number of benzene rings is 2. The number of carbonyl (C=O) groups excluding carboxylic acids is 2. The van der Waals surface area contributed by atoms with E-state index in [2.05, 4.69) is 4.98 Å². The van der Waals surface area contributed by atoms with Gasteiger partial charge in [0.15, 0.2) is 23.1 Å². The molecule has 0 unspecified atom stereocenters. The number of aliphatic hydroxyl groups excluding tert-OH is 2. The molecular formula is C27H25F4NO7. The SMILES string of the molecule is COc1cc(C(=O)C[C@H](CO)C(=O)c2ccc(OC)c(-c3ccc(F)c(C(F)(F)F)c3)n2)ccc1OCCO. The van der Waals surface area contributed by atoms with Gasteiger partial charge in [-0.15, -0.1) is 0 Å². The van der Waals surface area contributed by atoms with E-state index >= 15 is 0 Å². The number of aromatic nitrogens is 1. The molecule has 8 nitrogen and oxygen atoms in total. The van der Waals surface area contributed by atoms with E-state index in [1.54, 1.807) is 0 Å². The quantitative estimate of drug-likeness (QED) is 0.252. The van der Waals surface area contributed by atoms with E-state index in [9.17, 15) is 32.3 Å². The van der Waals surface area contributed by atoms with Gasteiger partial charge in [0.2, 0.25) is 0 Å². The molecule has 0 aliphatic rings. The first-order chi connectivity index (χ1) is 18.5. The largest absolute Gasteiger partial charge is 0.494 e. The normalized spacial score (nSPS) is 12.1. The molecule has 1 atom stereocenters. The van der Waals surface area contributed by atoms with Crippen LogP contribution in [0.2, 0.25) is 0 Å². The van der Waals surface area contributed by atoms with E-state index < -0.39 is 48.1 Å². The highest BCUT2D eigenvalue weighted by molar-refractivity contribution is 6.03. The predicted octanol–water partition coefficient (Wildman–Crippen LogP) is 4.36. The zero-order valence-electron chi connectivity index (χ0n) is 20.9. The first-order valence-corrected chi connectivity index (χ1v) is 11.6. The summed E-state index contributed by atoms with van der Waals surface area (Å²) in [5, 5.41) is 18.8. The summed E-state index contributed by atoms with van der Waals surface area (Å²) in [5.74, 6) is -3.39. The number of aliphatic hydroxyl groups is 2. The van der Waals surface area contributed by atoms with Crippen molar-refractivity contribution in [2.75, 3.05) is 34.0 Å². The number of ether oxygens (including phenoxy) is 3. The van der Waals surface area contributed by atoms with Gasteiger partial charge < -0.3 is 24.4 Å². The number of hydrogen-bond acceptors (Lipinski definition) is 8. The summed E-state index contributed by atoms with van der Waals surface area (Å²) < 4.78 is 69.2. The Hall–Kier alpha value is -4.03. The molecule has 0 aliphatic carbocycles. The third kappa shape index (κ3) is 6.89. The van der Waals surface area contributed by atoms with Crippen molar-refractivity contribution in [1.82, 2.24) is 4.98 Å². The van der Waals surface area contributed by atoms with Gasteiger partial charge in [-0.3, -0.25) is 9.59 Å². The van der Waals surface area contributed by atoms with E-state index in [1.807, 2.05) is 0 Å². The Kier molecular flexibility index (Phi) is 9.60. The van der Waals surface area contributed by atoms with Crippen LogP contribution in [-0.4, -0.2) is 60.8 Å². The van der Waals surface area contributed by atoms with Gasteiger partial charge in [0, 0.05) is 17.5 Å². The van der Waals surface area contributed by atoms with Crippen molar-refractivity contribution in [3.63, 3.8) is 0 Å². The topological polar surface area (TPSA) is 115 Å². The van der Waals surface area contributed by atoms with Crippen molar-refractivity contribution in [3.8, 4) is 28.5 Å². The van der Waals surface area contributed by atoms with E-state index in [0.29, 0.717) is 17.9 Å². The number of Topliss-reactive ketones (excluding diaryl/α,β-unsaturated/α-hetero) is 2. The summed E-state index contributed by atoms with van der Waals surface area (Å²) in [7, 11) is 2.61. The number of ketones is 2. The maximum absolute atomic E-state index is 13.8. The van der Waals surface area contributed by atoms with Crippen LogP contribution in [-0.2, 0) is 6.18 Å². The maximum atomic E-state index is 13.8. The lowest BCUT2D eigenvalue weighted by molar-refractivity contribution is -0.139. The number of rotatable bonds is 12. The summed E-state index contributed by atoms with van der Waals surface area (Å²) in [6, 6.07) is 9.11. The van der Waals surface area contributed by atoms with E-state index in [1.165, 1.54) is 44.6 Å². The highest BCUT2D eigenvalue weighted by Gasteiger charge is 2.35. The van der Waals surface area contributed by atoms with Crippen molar-refractivity contribution in [2.45, 2.75) is 12.6 Å². The number of alkyl halides is 3. The average Bonchev–Trinajstić information content (AvgIpc) is 2.93. The Bertz CT molecular complexity index is 1340. The summed E-state index contributed by atoms with van der Waals surface area (Å²) >= 11 is 0. The van der Waals surface area contributed by atoms with Gasteiger partial charge in [-0.1, -0.05) is 0 Å². The fourth-order valence-electron chi connectivity index (χ4n) is 3.75. The minimum absolute atomic E-state index is 0.0109. The standard InChI is InChI=1S/C27H25F4NO7/c1-37-23-8-6-20(32-25(23)16-3-5-19(28)18(11-16)27(29,30)31)26(36)17(14-34)12-21(35)15-4-7-22(39-10-9-33)24(13-15)38-2/h3-8,11,13,17,33-34H,9-10,12,14H2,1-2H3/t17-/m1/s1. The van der Waals surface area contributed by atoms with Gasteiger partial charge in [-0.05, 0) is 48.5 Å². The zero-order valence-corrected chi connectivity index (χ0v) is 20.9. The third-order valence-corrected chi connectivity index (χ3v) is 5.73. The molecule has 0 bridgehead atoms. The van der Waals surface area contributed by atoms with Crippen LogP contribution in [0.3, 0.4) is 0 Å². The van der Waals surface area contributed by atoms with Crippen molar-refractivity contribution in [1.29, 1.82) is 0 Å². The van der Waals surface area contributed by atoms with Crippen LogP contribution < -0.4 is 14.2 Å². The second-order valence-corrected chi connectivity index (χ2v) is 8.25. The first-order valence-electron chi connectivity index (χ1n) is 11.6. The Morgan fingerprint density at radius 3 is 2.26 bits per heavy atom. The summed E-state index contributed by atoms with van der Waals surface area (Å²) in [5.41, 5.74) is -1.88. The van der Waals surface area contributed by atoms with Crippen LogP contribution in [0.1, 0.15) is 32.8 Å². The van der Waals surface area contributed by atoms with Gasteiger partial charge in [-0.25, -0.2) is 9.37 Å². The monoisotopic (exact) mass is 551 g/mol. The number of halogens is 4. The molecule has 0 saturated carbocycles. The summed E-state index contributed by atoms with van der Waals surface area (Å²) in [4.78, 5) is 30.2. The van der Waals surface area contributed by atoms with Gasteiger partial charge in [0.1, 0.15) is 29.6 Å². The lowest BCUT2D eigenvalue weighted by Crippen LogP contribution is -2.23. The van der Waals surface area contributed by atoms with Crippen molar-refractivity contribution in [2.24, 2.45) is 5.92 Å². The third-order valence-electron chi connectivity index (χ3n) is 5.73. The lowest BCUT2D eigenvalue weighted by atomic mass is 9.93. The van der Waals surface area contributed by atoms with E-state index in [0.717, 1.165) is 6.07 Å². The van der Waals surface area contributed by atoms with Crippen LogP contribution >= 0.6 is 0 Å². The highest BCUT2D eigenvalue weighted by Crippen LogP contribution is 2.36. The fraction of sp³-hybridized carbons (Fsp3) is 0.296. The molecule has 0 amide bonds. The predicted molar refractivity (Wildman–Crippen MR) is 131 cm³/mol. The van der Waals surface area contributed by atoms with Crippen LogP contribution in [0, 0.1) is 11.7 Å². The molecule has 0 aliphatic heterocycles. The molecule has 12 heteroatoms. The lowest BCUT2D eigenvalue weighted by Gasteiger charge is -2.16. The Labute approximate surface area is 220 Å². The Morgan fingerprint density at radius 2 is 1.64 bits per heavy atom. The summed E-state index contributed by atoms with van der Waals surface area (Å²) in [6.45, 7) is -0.926. The molecule has 2 N–H and O–H groups in total. The van der Waals surface area contributed by atoms with Crippen molar-refractivity contribution < 1.29 is 51.6 Å². The van der Waals surface area contributed by atoms with Crippen LogP contribution in [0.4, 0.5) is 17.6 Å². The number of carbonyl (C=O) groups is 2. The van der Waals surface area contributed by atoms with Crippen LogP contribution in [0.15, 0.2) is 48.5 Å². The van der Waals surface area contributed by atoms with Crippen LogP contribution in [0.25, 0.3) is 11.3 Å². The molecule has 0 fully saturated rings. The molecule has 3 aromatic rings. The minimum atomic E-state index is -4.96. The molecular weight excluding hydrogens is 526 g/mol. The van der Waals surface area contributed by atoms with Gasteiger partial charge in [0.05, 0.1) is 38.9 Å². The minimum Gasteiger partial charge on any atom is -0.494 e. The van der Waals surface area contributed by atoms with E-state index in [-0.39, 0.29) is 47.2 Å². The molecule has 2 aromatic carbocycles. The molecule has 0 saturated heterocycles. The Balaban J connectivity index is 1.89. The second kappa shape index (κ2) is 12.7. The van der Waals surface area contributed by atoms with Crippen molar-refractivity contribution in [3.05, 3.63) is 71.2 Å². The number of hydrogen-bond donors (Lipinski definition) is 2. The number of methoxy groups -OCH3 is 2. The molecule has 1 aromatic heterocycles. The average molecular weight is 551 g/mol. The van der Waals surface area contributed by atoms with Gasteiger partial charge in [0.25, 0.3) is 0 Å². The molecule has 3 rings (SSSR count). The van der Waals surface area contributed by atoms with Gasteiger partial charge >= 0.3 is 6.18 Å². The number of nitrogens with zero attached hydrogens (tertiary/aromatic N) is 1. The van der Waals surface area contributed by atoms with Crippen LogP contribution in [0.5, 0.6) is 17.2 Å². The molecule has 0 radical (unpaired) electrons. The highest BCUT2D eigenvalue weighted by atomic mass is 19.4. The zero-order chi connectivity index (χ0) is 28.7. The molecule has 39 heavy (non-hydrogen) atoms. The molecule has 208 valence electrons. The smallest absolute Gasteiger partial charge is 0.419 e. The Morgan fingerprint density at radius 1 is 0.949 bits per heavy atom. The van der Waals surface area contributed by atoms with Crippen molar-refractivity contribution >= 4 is 11.6 Å².